The number of hydrogen-bond donors (Lipinski definition) is 4. The van der Waals surface area contributed by atoms with E-state index in [1.165, 1.54) is 7.11 Å². The first-order valence-electron chi connectivity index (χ1n) is 9.93. The molecular formula is C20H27ClN6O5. The van der Waals surface area contributed by atoms with Crippen molar-refractivity contribution in [3.8, 4) is 17.1 Å². The topological polar surface area (TPSA) is 160 Å². The number of pyridine rings is 1. The zero-order valence-corrected chi connectivity index (χ0v) is 18.9. The fourth-order valence-electron chi connectivity index (χ4n) is 2.92. The van der Waals surface area contributed by atoms with Crippen molar-refractivity contribution >= 4 is 35.2 Å². The largest absolute Gasteiger partial charge is 0.482 e. The van der Waals surface area contributed by atoms with Gasteiger partial charge in [0.05, 0.1) is 19.3 Å². The van der Waals surface area contributed by atoms with Crippen molar-refractivity contribution in [2.75, 3.05) is 19.5 Å². The number of hydrazine groups is 1. The van der Waals surface area contributed by atoms with Crippen molar-refractivity contribution in [2.24, 2.45) is 11.7 Å². The summed E-state index contributed by atoms with van der Waals surface area (Å²) in [5, 5.41) is 3.59. The summed E-state index contributed by atoms with van der Waals surface area (Å²) in [5.41, 5.74) is 8.93. The van der Waals surface area contributed by atoms with E-state index in [2.05, 4.69) is 20.7 Å². The van der Waals surface area contributed by atoms with Gasteiger partial charge in [0, 0.05) is 24.2 Å². The Hall–Kier alpha value is -3.34. The Bertz CT molecular complexity index is 946. The van der Waals surface area contributed by atoms with Gasteiger partial charge in [-0.1, -0.05) is 13.8 Å². The van der Waals surface area contributed by atoms with E-state index in [4.69, 9.17) is 22.1 Å². The smallest absolute Gasteiger partial charge is 0.270 e. The molecule has 11 nitrogen and oxygen atoms in total. The van der Waals surface area contributed by atoms with Crippen molar-refractivity contribution < 1.29 is 23.9 Å². The Kier molecular flexibility index (Phi) is 8.82. The summed E-state index contributed by atoms with van der Waals surface area (Å²) in [6, 6.07) is 2.33. The number of carbonyl (C=O) groups excluding carboxylic acids is 4. The van der Waals surface area contributed by atoms with Crippen LogP contribution in [0.2, 0.25) is 0 Å². The highest BCUT2D eigenvalue weighted by Crippen LogP contribution is 2.25. The standard InChI is InChI=1S/C20H27ClN6O5/c1-11(2)6-13(20(31)26-27(18(29)9-21)5-4-16(22)28)25-19(30)14-7-12-8-17(32-3)23-10-15(12)24-14/h7-8,10-11,13,23H,4-6,9H2,1-3H3,(H2,22,28)(H,25,30)(H,26,31)/t13-/m0/s1. The minimum absolute atomic E-state index is 0.0550. The van der Waals surface area contributed by atoms with E-state index >= 15 is 0 Å². The summed E-state index contributed by atoms with van der Waals surface area (Å²) >= 11 is 5.59. The molecule has 2 rings (SSSR count). The Morgan fingerprint density at radius 2 is 2.00 bits per heavy atom. The molecule has 0 saturated heterocycles. The molecule has 0 spiro atoms. The van der Waals surface area contributed by atoms with Crippen LogP contribution in [0.1, 0.15) is 37.2 Å². The Morgan fingerprint density at radius 1 is 1.28 bits per heavy atom. The van der Waals surface area contributed by atoms with Crippen molar-refractivity contribution in [1.29, 1.82) is 0 Å². The van der Waals surface area contributed by atoms with Gasteiger partial charge in [-0.3, -0.25) is 29.6 Å². The molecule has 1 atom stereocenters. The molecule has 12 heteroatoms. The lowest BCUT2D eigenvalue weighted by molar-refractivity contribution is -0.141. The van der Waals surface area contributed by atoms with Gasteiger partial charge in [-0.05, 0) is 18.4 Å². The highest BCUT2D eigenvalue weighted by molar-refractivity contribution is 6.27. The number of fused-ring (bicyclic) bond motifs is 1. The minimum atomic E-state index is -0.956. The number of nitrogens with two attached hydrogens (primary N) is 1. The van der Waals surface area contributed by atoms with Crippen molar-refractivity contribution in [3.05, 3.63) is 24.0 Å². The number of hydrogen-bond acceptors (Lipinski definition) is 6. The van der Waals surface area contributed by atoms with E-state index in [0.29, 0.717) is 23.6 Å². The Labute approximate surface area is 190 Å². The zero-order chi connectivity index (χ0) is 23.8. The normalized spacial score (nSPS) is 11.8. The number of H-pyrrole nitrogens is 1. The molecule has 0 aromatic rings. The second-order valence-corrected chi connectivity index (χ2v) is 7.78. The van der Waals surface area contributed by atoms with Crippen LogP contribution >= 0.6 is 11.6 Å². The summed E-state index contributed by atoms with van der Waals surface area (Å²) in [6.45, 7) is 3.64. The third kappa shape index (κ3) is 6.84. The molecule has 4 amide bonds. The van der Waals surface area contributed by atoms with Gasteiger partial charge < -0.3 is 20.8 Å². The minimum Gasteiger partial charge on any atom is -0.482 e. The van der Waals surface area contributed by atoms with Gasteiger partial charge in [0.2, 0.25) is 5.91 Å². The number of rotatable bonds is 10. The molecule has 0 fully saturated rings. The number of primary amides is 1. The van der Waals surface area contributed by atoms with Crippen LogP contribution in [-0.2, 0) is 14.4 Å². The quantitative estimate of drug-likeness (QED) is 0.297. The van der Waals surface area contributed by atoms with Crippen molar-refractivity contribution in [1.82, 2.24) is 25.7 Å². The summed E-state index contributed by atoms with van der Waals surface area (Å²) in [5.74, 6) is -2.25. The maximum absolute atomic E-state index is 12.9. The van der Waals surface area contributed by atoms with Crippen molar-refractivity contribution in [3.63, 3.8) is 0 Å². The van der Waals surface area contributed by atoms with Crippen LogP contribution in [0.5, 0.6) is 5.88 Å². The maximum atomic E-state index is 12.9. The van der Waals surface area contributed by atoms with Crippen LogP contribution in [0, 0.1) is 5.92 Å². The SMILES string of the molecule is COc1cc2cc(C(=O)N[C@@H](CC(C)C)C(=O)NN(CCC(N)=O)C(=O)CCl)nc-2c[nH]1. The molecule has 0 aromatic heterocycles. The summed E-state index contributed by atoms with van der Waals surface area (Å²) in [6.07, 6.45) is 1.75. The monoisotopic (exact) mass is 466 g/mol. The van der Waals surface area contributed by atoms with Crippen LogP contribution in [0.4, 0.5) is 0 Å². The molecule has 2 heterocycles. The number of aromatic nitrogens is 2. The molecule has 0 radical (unpaired) electrons. The lowest BCUT2D eigenvalue weighted by Gasteiger charge is -2.26. The number of alkyl halides is 1. The molecule has 0 aliphatic carbocycles. The molecule has 5 N–H and O–H groups in total. The number of nitrogens with zero attached hydrogens (tertiary/aromatic N) is 2. The fraction of sp³-hybridized carbons (Fsp3) is 0.450. The number of methoxy groups -OCH3 is 1. The lowest BCUT2D eigenvalue weighted by Crippen LogP contribution is -2.55. The molecule has 32 heavy (non-hydrogen) atoms. The molecule has 174 valence electrons. The van der Waals surface area contributed by atoms with E-state index in [1.807, 2.05) is 13.8 Å². The fourth-order valence-corrected chi connectivity index (χ4v) is 3.06. The third-order valence-corrected chi connectivity index (χ3v) is 4.72. The van der Waals surface area contributed by atoms with E-state index in [9.17, 15) is 19.2 Å². The van der Waals surface area contributed by atoms with Gasteiger partial charge in [0.15, 0.2) is 5.88 Å². The number of nitrogens with one attached hydrogen (secondary N) is 3. The molecule has 0 unspecified atom stereocenters. The maximum Gasteiger partial charge on any atom is 0.270 e. The highest BCUT2D eigenvalue weighted by atomic mass is 35.5. The molecule has 2 aliphatic heterocycles. The van der Waals surface area contributed by atoms with E-state index in [-0.39, 0.29) is 24.6 Å². The van der Waals surface area contributed by atoms with E-state index in [1.54, 1.807) is 18.3 Å². The summed E-state index contributed by atoms with van der Waals surface area (Å²) < 4.78 is 5.12. The Morgan fingerprint density at radius 3 is 2.59 bits per heavy atom. The first kappa shape index (κ1) is 24.9. The van der Waals surface area contributed by atoms with Gasteiger partial charge in [-0.2, -0.15) is 0 Å². The van der Waals surface area contributed by atoms with Crippen molar-refractivity contribution in [2.45, 2.75) is 32.7 Å². The lowest BCUT2D eigenvalue weighted by atomic mass is 10.0. The van der Waals surface area contributed by atoms with E-state index in [0.717, 1.165) is 5.01 Å². The van der Waals surface area contributed by atoms with Crippen LogP contribution in [0.3, 0.4) is 0 Å². The van der Waals surface area contributed by atoms with Crippen LogP contribution < -0.4 is 21.2 Å². The second-order valence-electron chi connectivity index (χ2n) is 7.51. The van der Waals surface area contributed by atoms with Gasteiger partial charge in [-0.25, -0.2) is 4.98 Å². The number of aromatic amines is 1. The molecule has 0 bridgehead atoms. The van der Waals surface area contributed by atoms with E-state index < -0.39 is 35.6 Å². The first-order chi connectivity index (χ1) is 15.1. The molecular weight excluding hydrogens is 440 g/mol. The molecule has 2 aliphatic rings. The van der Waals surface area contributed by atoms with Gasteiger partial charge in [-0.15, -0.1) is 11.6 Å². The highest BCUT2D eigenvalue weighted by Gasteiger charge is 2.27. The van der Waals surface area contributed by atoms with Crippen LogP contribution in [0.25, 0.3) is 11.3 Å². The summed E-state index contributed by atoms with van der Waals surface area (Å²) in [4.78, 5) is 55.9. The predicted octanol–water partition coefficient (Wildman–Crippen LogP) is 0.642. The average molecular weight is 467 g/mol. The van der Waals surface area contributed by atoms with Gasteiger partial charge in [0.1, 0.15) is 17.6 Å². The average Bonchev–Trinajstić information content (AvgIpc) is 3.18. The number of ether oxygens (including phenoxy) is 1. The third-order valence-electron chi connectivity index (χ3n) is 4.49. The first-order valence-corrected chi connectivity index (χ1v) is 10.5. The van der Waals surface area contributed by atoms with Crippen LogP contribution in [0.15, 0.2) is 18.3 Å². The molecule has 0 saturated carbocycles. The summed E-state index contributed by atoms with van der Waals surface area (Å²) in [7, 11) is 1.51. The predicted molar refractivity (Wildman–Crippen MR) is 117 cm³/mol. The second kappa shape index (κ2) is 11.3. The number of amides is 4. The number of halogens is 1. The zero-order valence-electron chi connectivity index (χ0n) is 18.1. The Balaban J connectivity index is 2.17. The van der Waals surface area contributed by atoms with Crippen LogP contribution in [-0.4, -0.2) is 64.2 Å². The number of carbonyl (C=O) groups is 4. The molecule has 0 aromatic carbocycles. The van der Waals surface area contributed by atoms with Gasteiger partial charge >= 0.3 is 0 Å². The van der Waals surface area contributed by atoms with Gasteiger partial charge in [0.25, 0.3) is 17.7 Å².